The highest BCUT2D eigenvalue weighted by Crippen LogP contribution is 2.30. The molecule has 0 saturated heterocycles. The highest BCUT2D eigenvalue weighted by molar-refractivity contribution is 5.77. The number of nitrogens with one attached hydrogen (secondary N) is 1. The Kier molecular flexibility index (Phi) is 4.02. The van der Waals surface area contributed by atoms with Crippen molar-refractivity contribution in [1.82, 2.24) is 5.32 Å². The zero-order chi connectivity index (χ0) is 12.3. The Bertz CT molecular complexity index is 299. The van der Waals surface area contributed by atoms with Crippen LogP contribution in [0.5, 0.6) is 0 Å². The molecule has 2 saturated carbocycles. The van der Waals surface area contributed by atoms with E-state index >= 15 is 0 Å². The van der Waals surface area contributed by atoms with E-state index in [2.05, 4.69) is 5.32 Å². The first-order valence-electron chi connectivity index (χ1n) is 6.67. The van der Waals surface area contributed by atoms with Crippen molar-refractivity contribution in [3.05, 3.63) is 0 Å². The monoisotopic (exact) mass is 239 g/mol. The van der Waals surface area contributed by atoms with Gasteiger partial charge in [0, 0.05) is 12.5 Å². The van der Waals surface area contributed by atoms with E-state index < -0.39 is 5.97 Å². The summed E-state index contributed by atoms with van der Waals surface area (Å²) in [5.74, 6) is -0.291. The van der Waals surface area contributed by atoms with Crippen LogP contribution in [0.3, 0.4) is 0 Å². The molecule has 0 aromatic rings. The van der Waals surface area contributed by atoms with E-state index in [1.807, 2.05) is 0 Å². The molecule has 0 heterocycles. The molecule has 0 bridgehead atoms. The van der Waals surface area contributed by atoms with Crippen molar-refractivity contribution in [2.75, 3.05) is 0 Å². The Labute approximate surface area is 102 Å². The SMILES string of the molecule is O=C(CC1CCC1)NC1CCCC(C(=O)O)C1. The smallest absolute Gasteiger partial charge is 0.306 e. The summed E-state index contributed by atoms with van der Waals surface area (Å²) in [5.41, 5.74) is 0. The van der Waals surface area contributed by atoms with Crippen LogP contribution in [0, 0.1) is 11.8 Å². The standard InChI is InChI=1S/C13H21NO3/c15-12(7-9-3-1-4-9)14-11-6-2-5-10(8-11)13(16)17/h9-11H,1-8H2,(H,14,15)(H,16,17). The van der Waals surface area contributed by atoms with E-state index in [0.29, 0.717) is 18.8 Å². The zero-order valence-corrected chi connectivity index (χ0v) is 10.2. The van der Waals surface area contributed by atoms with Crippen LogP contribution in [0.25, 0.3) is 0 Å². The Morgan fingerprint density at radius 1 is 1.12 bits per heavy atom. The maximum Gasteiger partial charge on any atom is 0.306 e. The molecule has 2 N–H and O–H groups in total. The van der Waals surface area contributed by atoms with Crippen LogP contribution >= 0.6 is 0 Å². The van der Waals surface area contributed by atoms with Crippen molar-refractivity contribution in [1.29, 1.82) is 0 Å². The maximum absolute atomic E-state index is 11.7. The number of carboxylic acids is 1. The molecule has 2 rings (SSSR count). The summed E-state index contributed by atoms with van der Waals surface area (Å²) in [7, 11) is 0. The molecule has 2 aliphatic carbocycles. The first-order chi connectivity index (χ1) is 8.15. The number of carbonyl (C=O) groups is 2. The second-order valence-corrected chi connectivity index (χ2v) is 5.47. The van der Waals surface area contributed by atoms with Crippen molar-refractivity contribution in [2.24, 2.45) is 11.8 Å². The summed E-state index contributed by atoms with van der Waals surface area (Å²) in [6.45, 7) is 0. The van der Waals surface area contributed by atoms with E-state index in [1.54, 1.807) is 0 Å². The third-order valence-electron chi connectivity index (χ3n) is 4.09. The van der Waals surface area contributed by atoms with E-state index in [9.17, 15) is 9.59 Å². The van der Waals surface area contributed by atoms with Crippen molar-refractivity contribution >= 4 is 11.9 Å². The molecule has 1 amide bonds. The predicted molar refractivity (Wildman–Crippen MR) is 63.5 cm³/mol. The molecule has 2 aliphatic rings. The lowest BCUT2D eigenvalue weighted by Gasteiger charge is -2.29. The average molecular weight is 239 g/mol. The molecule has 2 fully saturated rings. The minimum Gasteiger partial charge on any atom is -0.481 e. The van der Waals surface area contributed by atoms with Gasteiger partial charge in [0.1, 0.15) is 0 Å². The lowest BCUT2D eigenvalue weighted by molar-refractivity contribution is -0.143. The Morgan fingerprint density at radius 3 is 2.41 bits per heavy atom. The van der Waals surface area contributed by atoms with Gasteiger partial charge in [-0.15, -0.1) is 0 Å². The van der Waals surface area contributed by atoms with Gasteiger partial charge in [0.05, 0.1) is 5.92 Å². The third-order valence-corrected chi connectivity index (χ3v) is 4.09. The molecule has 2 atom stereocenters. The van der Waals surface area contributed by atoms with Gasteiger partial charge in [-0.3, -0.25) is 9.59 Å². The highest BCUT2D eigenvalue weighted by atomic mass is 16.4. The van der Waals surface area contributed by atoms with Crippen molar-refractivity contribution in [3.63, 3.8) is 0 Å². The molecule has 0 aliphatic heterocycles. The summed E-state index contributed by atoms with van der Waals surface area (Å²) in [6, 6.07) is 0.0810. The van der Waals surface area contributed by atoms with Crippen LogP contribution in [0.4, 0.5) is 0 Å². The van der Waals surface area contributed by atoms with Gasteiger partial charge in [-0.2, -0.15) is 0 Å². The fraction of sp³-hybridized carbons (Fsp3) is 0.846. The van der Waals surface area contributed by atoms with Gasteiger partial charge >= 0.3 is 5.97 Å². The number of amides is 1. The zero-order valence-electron chi connectivity index (χ0n) is 10.2. The van der Waals surface area contributed by atoms with Crippen LogP contribution in [-0.2, 0) is 9.59 Å². The van der Waals surface area contributed by atoms with Crippen molar-refractivity contribution in [3.8, 4) is 0 Å². The Morgan fingerprint density at radius 2 is 1.82 bits per heavy atom. The van der Waals surface area contributed by atoms with E-state index in [4.69, 9.17) is 5.11 Å². The number of aliphatic carboxylic acids is 1. The lowest BCUT2D eigenvalue weighted by atomic mass is 9.82. The number of carboxylic acid groups (broad SMARTS) is 1. The largest absolute Gasteiger partial charge is 0.481 e. The van der Waals surface area contributed by atoms with Gasteiger partial charge in [-0.25, -0.2) is 0 Å². The normalized spacial score (nSPS) is 29.4. The second kappa shape index (κ2) is 5.52. The average Bonchev–Trinajstić information content (AvgIpc) is 2.24. The van der Waals surface area contributed by atoms with Gasteiger partial charge in [-0.1, -0.05) is 12.8 Å². The fourth-order valence-electron chi connectivity index (χ4n) is 2.79. The second-order valence-electron chi connectivity index (χ2n) is 5.47. The van der Waals surface area contributed by atoms with Gasteiger partial charge in [0.25, 0.3) is 0 Å². The van der Waals surface area contributed by atoms with Crippen LogP contribution in [-0.4, -0.2) is 23.0 Å². The van der Waals surface area contributed by atoms with Crippen LogP contribution in [0.2, 0.25) is 0 Å². The molecule has 2 unspecified atom stereocenters. The first-order valence-corrected chi connectivity index (χ1v) is 6.67. The molecule has 0 radical (unpaired) electrons. The molecule has 4 nitrogen and oxygen atoms in total. The van der Waals surface area contributed by atoms with E-state index in [1.165, 1.54) is 19.3 Å². The number of rotatable bonds is 4. The van der Waals surface area contributed by atoms with Crippen LogP contribution in [0.15, 0.2) is 0 Å². The predicted octanol–water partition coefficient (Wildman–Crippen LogP) is 1.94. The van der Waals surface area contributed by atoms with Gasteiger partial charge < -0.3 is 10.4 Å². The molecule has 96 valence electrons. The molecule has 4 heteroatoms. The quantitative estimate of drug-likeness (QED) is 0.787. The molecular formula is C13H21NO3. The summed E-state index contributed by atoms with van der Waals surface area (Å²) in [5, 5.41) is 12.0. The highest BCUT2D eigenvalue weighted by Gasteiger charge is 2.28. The molecule has 0 aromatic carbocycles. The maximum atomic E-state index is 11.7. The van der Waals surface area contributed by atoms with Gasteiger partial charge in [0.2, 0.25) is 5.91 Å². The third kappa shape index (κ3) is 3.45. The van der Waals surface area contributed by atoms with Crippen molar-refractivity contribution in [2.45, 2.75) is 57.4 Å². The van der Waals surface area contributed by atoms with Crippen molar-refractivity contribution < 1.29 is 14.7 Å². The fourth-order valence-corrected chi connectivity index (χ4v) is 2.79. The summed E-state index contributed by atoms with van der Waals surface area (Å²) in [6.07, 6.45) is 7.43. The van der Waals surface area contributed by atoms with Gasteiger partial charge in [-0.05, 0) is 38.0 Å². The topological polar surface area (TPSA) is 66.4 Å². The van der Waals surface area contributed by atoms with Gasteiger partial charge in [0.15, 0.2) is 0 Å². The van der Waals surface area contributed by atoms with Crippen LogP contribution < -0.4 is 5.32 Å². The number of carbonyl (C=O) groups excluding carboxylic acids is 1. The summed E-state index contributed by atoms with van der Waals surface area (Å²) >= 11 is 0. The van der Waals surface area contributed by atoms with E-state index in [-0.39, 0.29) is 17.9 Å². The van der Waals surface area contributed by atoms with Crippen LogP contribution in [0.1, 0.15) is 51.4 Å². The number of hydrogen-bond donors (Lipinski definition) is 2. The lowest BCUT2D eigenvalue weighted by Crippen LogP contribution is -2.40. The minimum absolute atomic E-state index is 0.0810. The van der Waals surface area contributed by atoms with E-state index in [0.717, 1.165) is 19.3 Å². The molecular weight excluding hydrogens is 218 g/mol. The number of hydrogen-bond acceptors (Lipinski definition) is 2. The molecule has 0 aromatic heterocycles. The Balaban J connectivity index is 1.73. The summed E-state index contributed by atoms with van der Waals surface area (Å²) < 4.78 is 0. The molecule has 17 heavy (non-hydrogen) atoms. The minimum atomic E-state index is -0.719. The Hall–Kier alpha value is -1.06. The summed E-state index contributed by atoms with van der Waals surface area (Å²) in [4.78, 5) is 22.6. The first kappa shape index (κ1) is 12.4. The molecule has 0 spiro atoms.